The maximum Gasteiger partial charge on any atom is 0.216 e. The average molecular weight is 214 g/mol. The third kappa shape index (κ3) is 2.79. The predicted molar refractivity (Wildman–Crippen MR) is 62.4 cm³/mol. The van der Waals surface area contributed by atoms with Crippen LogP contribution >= 0.6 is 0 Å². The van der Waals surface area contributed by atoms with E-state index in [-0.39, 0.29) is 0 Å². The summed E-state index contributed by atoms with van der Waals surface area (Å²) < 4.78 is 5.06. The van der Waals surface area contributed by atoms with Crippen LogP contribution in [0.15, 0.2) is 42.7 Å². The van der Waals surface area contributed by atoms with E-state index >= 15 is 0 Å². The van der Waals surface area contributed by atoms with Gasteiger partial charge >= 0.3 is 0 Å². The Labute approximate surface area is 95.1 Å². The fourth-order valence-corrected chi connectivity index (χ4v) is 1.54. The summed E-state index contributed by atoms with van der Waals surface area (Å²) in [6, 6.07) is 12.3. The van der Waals surface area contributed by atoms with Crippen LogP contribution in [0.1, 0.15) is 11.3 Å². The lowest BCUT2D eigenvalue weighted by molar-refractivity contribution is 0.396. The van der Waals surface area contributed by atoms with Crippen molar-refractivity contribution >= 4 is 0 Å². The lowest BCUT2D eigenvalue weighted by Crippen LogP contribution is -1.96. The molecule has 0 aliphatic rings. The molecule has 1 aromatic carbocycles. The highest BCUT2D eigenvalue weighted by Crippen LogP contribution is 2.09. The summed E-state index contributed by atoms with van der Waals surface area (Å²) in [6.07, 6.45) is 3.43. The zero-order valence-electron chi connectivity index (χ0n) is 9.26. The number of hydrogen-bond acceptors (Lipinski definition) is 3. The molecule has 0 atom stereocenters. The van der Waals surface area contributed by atoms with Crippen LogP contribution < -0.4 is 4.74 Å². The Morgan fingerprint density at radius 2 is 1.88 bits per heavy atom. The van der Waals surface area contributed by atoms with Gasteiger partial charge < -0.3 is 4.74 Å². The van der Waals surface area contributed by atoms with Crippen molar-refractivity contribution in [3.63, 3.8) is 0 Å². The highest BCUT2D eigenvalue weighted by atomic mass is 16.5. The van der Waals surface area contributed by atoms with Gasteiger partial charge in [0.1, 0.15) is 6.33 Å². The number of aromatic nitrogens is 2. The topological polar surface area (TPSA) is 35.0 Å². The Balaban J connectivity index is 1.99. The zero-order chi connectivity index (χ0) is 11.2. The van der Waals surface area contributed by atoms with E-state index in [9.17, 15) is 0 Å². The third-order valence-electron chi connectivity index (χ3n) is 2.42. The van der Waals surface area contributed by atoms with E-state index in [2.05, 4.69) is 34.2 Å². The SMILES string of the molecule is COc1cc(CCc2ccccc2)ncn1. The van der Waals surface area contributed by atoms with Crippen LogP contribution in [0.4, 0.5) is 0 Å². The normalized spacial score (nSPS) is 10.1. The van der Waals surface area contributed by atoms with Crippen LogP contribution in [-0.2, 0) is 12.8 Å². The minimum absolute atomic E-state index is 0.623. The van der Waals surface area contributed by atoms with Gasteiger partial charge in [-0.05, 0) is 18.4 Å². The molecule has 2 aromatic rings. The standard InChI is InChI=1S/C13H14N2O/c1-16-13-9-12(14-10-15-13)8-7-11-5-3-2-4-6-11/h2-6,9-10H,7-8H2,1H3. The van der Waals surface area contributed by atoms with Gasteiger partial charge in [-0.15, -0.1) is 0 Å². The van der Waals surface area contributed by atoms with E-state index in [0.29, 0.717) is 5.88 Å². The molecule has 0 spiro atoms. The van der Waals surface area contributed by atoms with Crippen LogP contribution in [0.3, 0.4) is 0 Å². The molecule has 1 heterocycles. The monoisotopic (exact) mass is 214 g/mol. The van der Waals surface area contributed by atoms with E-state index < -0.39 is 0 Å². The van der Waals surface area contributed by atoms with Gasteiger partial charge in [0.05, 0.1) is 7.11 Å². The Bertz CT molecular complexity index is 443. The van der Waals surface area contributed by atoms with Crippen molar-refractivity contribution in [1.82, 2.24) is 9.97 Å². The molecule has 0 fully saturated rings. The van der Waals surface area contributed by atoms with Crippen molar-refractivity contribution < 1.29 is 4.74 Å². The molecule has 1 aromatic heterocycles. The molecule has 0 saturated heterocycles. The minimum Gasteiger partial charge on any atom is -0.481 e. The van der Waals surface area contributed by atoms with Crippen LogP contribution in [0.25, 0.3) is 0 Å². The maximum absolute atomic E-state index is 5.06. The van der Waals surface area contributed by atoms with Crippen LogP contribution in [0.2, 0.25) is 0 Å². The molecule has 16 heavy (non-hydrogen) atoms. The lowest BCUT2D eigenvalue weighted by Gasteiger charge is -2.02. The number of ether oxygens (including phenoxy) is 1. The van der Waals surface area contributed by atoms with Gasteiger partial charge in [0.2, 0.25) is 5.88 Å². The highest BCUT2D eigenvalue weighted by Gasteiger charge is 1.99. The van der Waals surface area contributed by atoms with Crippen LogP contribution in [0.5, 0.6) is 5.88 Å². The minimum atomic E-state index is 0.623. The van der Waals surface area contributed by atoms with Crippen molar-refractivity contribution in [3.05, 3.63) is 54.0 Å². The smallest absolute Gasteiger partial charge is 0.216 e. The number of rotatable bonds is 4. The van der Waals surface area contributed by atoms with Crippen molar-refractivity contribution in [1.29, 1.82) is 0 Å². The molecule has 0 aliphatic heterocycles. The molecule has 0 saturated carbocycles. The van der Waals surface area contributed by atoms with Crippen molar-refractivity contribution in [2.24, 2.45) is 0 Å². The molecular formula is C13H14N2O. The summed E-state index contributed by atoms with van der Waals surface area (Å²) in [5.41, 5.74) is 2.33. The van der Waals surface area contributed by atoms with Crippen molar-refractivity contribution in [2.75, 3.05) is 7.11 Å². The van der Waals surface area contributed by atoms with Gasteiger partial charge in [0.15, 0.2) is 0 Å². The third-order valence-corrected chi connectivity index (χ3v) is 2.42. The summed E-state index contributed by atoms with van der Waals surface area (Å²) in [7, 11) is 1.61. The molecule has 0 amide bonds. The second-order valence-corrected chi connectivity index (χ2v) is 3.54. The predicted octanol–water partition coefficient (Wildman–Crippen LogP) is 2.27. The van der Waals surface area contributed by atoms with Crippen molar-refractivity contribution in [3.8, 4) is 5.88 Å². The maximum atomic E-state index is 5.06. The van der Waals surface area contributed by atoms with E-state index in [0.717, 1.165) is 18.5 Å². The number of hydrogen-bond donors (Lipinski definition) is 0. The number of benzene rings is 1. The van der Waals surface area contributed by atoms with Gasteiger partial charge in [0, 0.05) is 11.8 Å². The molecule has 0 unspecified atom stereocenters. The second-order valence-electron chi connectivity index (χ2n) is 3.54. The highest BCUT2D eigenvalue weighted by molar-refractivity contribution is 5.18. The van der Waals surface area contributed by atoms with Gasteiger partial charge in [-0.25, -0.2) is 9.97 Å². The summed E-state index contributed by atoms with van der Waals surface area (Å²) in [5.74, 6) is 0.623. The molecule has 3 heteroatoms. The van der Waals surface area contributed by atoms with Gasteiger partial charge in [-0.2, -0.15) is 0 Å². The quantitative estimate of drug-likeness (QED) is 0.783. The Kier molecular flexibility index (Phi) is 3.49. The summed E-state index contributed by atoms with van der Waals surface area (Å²) >= 11 is 0. The van der Waals surface area contributed by atoms with Crippen LogP contribution in [0, 0.1) is 0 Å². The molecular weight excluding hydrogens is 200 g/mol. The average Bonchev–Trinajstić information content (AvgIpc) is 2.38. The van der Waals surface area contributed by atoms with Gasteiger partial charge in [-0.3, -0.25) is 0 Å². The Morgan fingerprint density at radius 3 is 2.62 bits per heavy atom. The van der Waals surface area contributed by atoms with Crippen LogP contribution in [-0.4, -0.2) is 17.1 Å². The molecule has 0 N–H and O–H groups in total. The Morgan fingerprint density at radius 1 is 1.06 bits per heavy atom. The molecule has 2 rings (SSSR count). The fraction of sp³-hybridized carbons (Fsp3) is 0.231. The zero-order valence-corrected chi connectivity index (χ0v) is 9.26. The van der Waals surface area contributed by atoms with E-state index in [1.54, 1.807) is 13.4 Å². The molecule has 0 aliphatic carbocycles. The largest absolute Gasteiger partial charge is 0.481 e. The summed E-state index contributed by atoms with van der Waals surface area (Å²) in [5, 5.41) is 0. The molecule has 3 nitrogen and oxygen atoms in total. The van der Waals surface area contributed by atoms with E-state index in [1.165, 1.54) is 5.56 Å². The first-order valence-electron chi connectivity index (χ1n) is 5.27. The number of methoxy groups -OCH3 is 1. The molecule has 82 valence electrons. The summed E-state index contributed by atoms with van der Waals surface area (Å²) in [4.78, 5) is 8.19. The van der Waals surface area contributed by atoms with Gasteiger partial charge in [0.25, 0.3) is 0 Å². The second kappa shape index (κ2) is 5.26. The van der Waals surface area contributed by atoms with E-state index in [1.807, 2.05) is 12.1 Å². The first kappa shape index (κ1) is 10.6. The van der Waals surface area contributed by atoms with Gasteiger partial charge in [-0.1, -0.05) is 30.3 Å². The van der Waals surface area contributed by atoms with Crippen molar-refractivity contribution in [2.45, 2.75) is 12.8 Å². The number of aryl methyl sites for hydroxylation is 2. The lowest BCUT2D eigenvalue weighted by atomic mass is 10.1. The summed E-state index contributed by atoms with van der Waals surface area (Å²) in [6.45, 7) is 0. The molecule has 0 bridgehead atoms. The molecule has 0 radical (unpaired) electrons. The Hall–Kier alpha value is -1.90. The number of nitrogens with zero attached hydrogens (tertiary/aromatic N) is 2. The first-order chi connectivity index (χ1) is 7.88. The fourth-order valence-electron chi connectivity index (χ4n) is 1.54. The first-order valence-corrected chi connectivity index (χ1v) is 5.27. The van der Waals surface area contributed by atoms with E-state index in [4.69, 9.17) is 4.74 Å².